The molecule has 0 bridgehead atoms. The number of nitrogens with zero attached hydrogens (tertiary/aromatic N) is 2. The molecule has 0 spiro atoms. The highest BCUT2D eigenvalue weighted by Gasteiger charge is 2.20. The lowest BCUT2D eigenvalue weighted by Gasteiger charge is -2.18. The second-order valence-electron chi connectivity index (χ2n) is 12.7. The molecule has 0 atom stereocenters. The van der Waals surface area contributed by atoms with Crippen LogP contribution in [0.3, 0.4) is 0 Å². The maximum atomic E-state index is 12.1. The molecule has 7 nitrogen and oxygen atoms in total. The Kier molecular flexibility index (Phi) is 13.2. The lowest BCUT2D eigenvalue weighted by molar-refractivity contribution is 0.103. The Hall–Kier alpha value is -5.87. The van der Waals surface area contributed by atoms with Crippen molar-refractivity contribution in [1.29, 1.82) is 0 Å². The number of hydrogen-bond donors (Lipinski definition) is 2. The second-order valence-corrected chi connectivity index (χ2v) is 15.4. The normalized spacial score (nSPS) is 11.7. The predicted molar refractivity (Wildman–Crippen MR) is 233 cm³/mol. The van der Waals surface area contributed by atoms with Gasteiger partial charge in [-0.05, 0) is 91.9 Å². The number of anilines is 1. The monoisotopic (exact) mass is 829 g/mol. The average Bonchev–Trinajstić information content (AvgIpc) is 3.20. The summed E-state index contributed by atoms with van der Waals surface area (Å²) in [5, 5.41) is 2.00. The summed E-state index contributed by atoms with van der Waals surface area (Å²) in [6.07, 6.45) is 0. The van der Waals surface area contributed by atoms with Crippen LogP contribution in [0.5, 0.6) is 0 Å². The van der Waals surface area contributed by atoms with Crippen LogP contribution in [0.4, 0.5) is 17.1 Å². The van der Waals surface area contributed by atoms with Crippen molar-refractivity contribution in [2.75, 3.05) is 5.73 Å². The van der Waals surface area contributed by atoms with Crippen LogP contribution in [0.1, 0.15) is 43.7 Å². The SMILES string of the molecule is Cc1ccc(S(=O)(=O)O)cc1.Clc1ccc(C2=Nc3ccccc3C(c3ccc(Cl)cc3)=Nc3ccccc32)cc1.Nc1ccccc1C(=O)c1ccc(Cl)cc1. The van der Waals surface area contributed by atoms with Gasteiger partial charge in [0, 0.05) is 54.1 Å². The Morgan fingerprint density at radius 2 is 0.947 bits per heavy atom. The number of para-hydroxylation sites is 3. The largest absolute Gasteiger partial charge is 0.398 e. The summed E-state index contributed by atoms with van der Waals surface area (Å²) in [7, 11) is -4.02. The smallest absolute Gasteiger partial charge is 0.294 e. The van der Waals surface area contributed by atoms with Gasteiger partial charge in [-0.2, -0.15) is 8.42 Å². The lowest BCUT2D eigenvalue weighted by atomic mass is 9.96. The molecule has 0 saturated heterocycles. The van der Waals surface area contributed by atoms with E-state index in [1.807, 2.05) is 91.9 Å². The van der Waals surface area contributed by atoms with Crippen LogP contribution in [0.15, 0.2) is 185 Å². The number of carbonyl (C=O) groups excluding carboxylic acids is 1. The lowest BCUT2D eigenvalue weighted by Crippen LogP contribution is -2.10. The van der Waals surface area contributed by atoms with Gasteiger partial charge in [0.2, 0.25) is 0 Å². The molecule has 7 aromatic carbocycles. The summed E-state index contributed by atoms with van der Waals surface area (Å²) < 4.78 is 29.6. The zero-order valence-corrected chi connectivity index (χ0v) is 33.4. The molecule has 0 aliphatic carbocycles. The fraction of sp³-hybridized carbons (Fsp3) is 0.0217. The minimum atomic E-state index is -4.02. The first-order valence-electron chi connectivity index (χ1n) is 17.4. The van der Waals surface area contributed by atoms with Crippen LogP contribution in [0, 0.1) is 6.92 Å². The van der Waals surface area contributed by atoms with E-state index in [4.69, 9.17) is 55.1 Å². The molecule has 1 aliphatic rings. The number of nitrogen functional groups attached to an aromatic ring is 1. The molecule has 284 valence electrons. The van der Waals surface area contributed by atoms with Crippen molar-refractivity contribution in [2.24, 2.45) is 9.98 Å². The van der Waals surface area contributed by atoms with Gasteiger partial charge >= 0.3 is 0 Å². The second kappa shape index (κ2) is 18.4. The highest BCUT2D eigenvalue weighted by atomic mass is 35.5. The number of benzene rings is 7. The molecule has 1 heterocycles. The van der Waals surface area contributed by atoms with E-state index in [0.717, 1.165) is 50.6 Å². The quantitative estimate of drug-likeness (QED) is 0.102. The summed E-state index contributed by atoms with van der Waals surface area (Å²) in [4.78, 5) is 22.2. The van der Waals surface area contributed by atoms with Crippen LogP contribution in [0.2, 0.25) is 15.1 Å². The number of halogens is 3. The van der Waals surface area contributed by atoms with E-state index >= 15 is 0 Å². The number of fused-ring (bicyclic) bond motifs is 2. The Labute approximate surface area is 346 Å². The first kappa shape index (κ1) is 40.8. The fourth-order valence-electron chi connectivity index (χ4n) is 5.73. The fourth-order valence-corrected chi connectivity index (χ4v) is 6.59. The molecule has 0 amide bonds. The Balaban J connectivity index is 0.000000169. The van der Waals surface area contributed by atoms with E-state index < -0.39 is 10.1 Å². The van der Waals surface area contributed by atoms with Crippen molar-refractivity contribution in [3.05, 3.63) is 224 Å². The summed E-state index contributed by atoms with van der Waals surface area (Å²) >= 11 is 18.0. The van der Waals surface area contributed by atoms with Gasteiger partial charge in [0.15, 0.2) is 5.78 Å². The molecule has 11 heteroatoms. The molecular weight excluding hydrogens is 797 g/mol. The van der Waals surface area contributed by atoms with Gasteiger partial charge in [0.25, 0.3) is 10.1 Å². The molecule has 1 aliphatic heterocycles. The molecule has 57 heavy (non-hydrogen) atoms. The van der Waals surface area contributed by atoms with Crippen molar-refractivity contribution in [3.8, 4) is 0 Å². The molecule has 0 unspecified atom stereocenters. The molecule has 0 radical (unpaired) electrons. The number of hydrogen-bond acceptors (Lipinski definition) is 6. The molecular formula is C46H34Cl3N3O4S. The van der Waals surface area contributed by atoms with Gasteiger partial charge in [-0.25, -0.2) is 9.98 Å². The molecule has 3 N–H and O–H groups in total. The van der Waals surface area contributed by atoms with Gasteiger partial charge in [-0.3, -0.25) is 9.35 Å². The summed E-state index contributed by atoms with van der Waals surface area (Å²) in [6.45, 7) is 1.84. The highest BCUT2D eigenvalue weighted by molar-refractivity contribution is 7.85. The van der Waals surface area contributed by atoms with Crippen molar-refractivity contribution < 1.29 is 17.8 Å². The predicted octanol–water partition coefficient (Wildman–Crippen LogP) is 12.0. The van der Waals surface area contributed by atoms with Crippen molar-refractivity contribution in [3.63, 3.8) is 0 Å². The van der Waals surface area contributed by atoms with Crippen LogP contribution >= 0.6 is 34.8 Å². The minimum Gasteiger partial charge on any atom is -0.398 e. The summed E-state index contributed by atoms with van der Waals surface area (Å²) in [6, 6.07) is 51.4. The number of ketones is 1. The number of aliphatic imine (C=N–C) groups is 2. The number of carbonyl (C=O) groups is 1. The zero-order valence-electron chi connectivity index (χ0n) is 30.4. The Bertz CT molecular complexity index is 2600. The van der Waals surface area contributed by atoms with E-state index in [1.54, 1.807) is 60.7 Å². The van der Waals surface area contributed by atoms with Crippen molar-refractivity contribution in [1.82, 2.24) is 0 Å². The molecule has 7 aromatic rings. The van der Waals surface area contributed by atoms with Gasteiger partial charge in [-0.15, -0.1) is 0 Å². The van der Waals surface area contributed by atoms with Gasteiger partial charge < -0.3 is 5.73 Å². The van der Waals surface area contributed by atoms with Gasteiger partial charge in [0.1, 0.15) is 0 Å². The van der Waals surface area contributed by atoms with E-state index in [-0.39, 0.29) is 10.7 Å². The van der Waals surface area contributed by atoms with Crippen LogP contribution in [-0.2, 0) is 10.1 Å². The topological polar surface area (TPSA) is 122 Å². The first-order valence-corrected chi connectivity index (χ1v) is 20.0. The molecule has 8 rings (SSSR count). The van der Waals surface area contributed by atoms with Gasteiger partial charge in [0.05, 0.1) is 27.7 Å². The third-order valence-corrected chi connectivity index (χ3v) is 10.3. The first-order chi connectivity index (χ1) is 27.4. The maximum absolute atomic E-state index is 12.1. The number of nitrogens with two attached hydrogens (primary N) is 1. The number of aryl methyl sites for hydroxylation is 1. The third-order valence-electron chi connectivity index (χ3n) is 8.65. The van der Waals surface area contributed by atoms with E-state index in [9.17, 15) is 13.2 Å². The standard InChI is InChI=1S/C26H16Cl2N2.C13H10ClNO.C7H8O3S/c27-19-13-9-17(10-14-19)25-21-5-1-3-7-23(21)29-26(18-11-15-20(28)16-12-18)22-6-2-4-8-24(22)30-25;14-10-7-5-9(6-8-10)13(16)11-3-1-2-4-12(11)15;1-6-2-4-7(5-3-6)11(8,9)10/h1-16H;1-8H,15H2;2-5H,1H3,(H,8,9,10). The van der Waals surface area contributed by atoms with Crippen LogP contribution in [0.25, 0.3) is 0 Å². The highest BCUT2D eigenvalue weighted by Crippen LogP contribution is 2.33. The summed E-state index contributed by atoms with van der Waals surface area (Å²) in [5.74, 6) is -0.0882. The van der Waals surface area contributed by atoms with Crippen molar-refractivity contribution in [2.45, 2.75) is 11.8 Å². The van der Waals surface area contributed by atoms with E-state index in [2.05, 4.69) is 12.1 Å². The van der Waals surface area contributed by atoms with Crippen molar-refractivity contribution >= 4 is 79.2 Å². The van der Waals surface area contributed by atoms with Crippen LogP contribution in [-0.4, -0.2) is 30.2 Å². The summed E-state index contributed by atoms with van der Waals surface area (Å²) in [5.41, 5.74) is 15.7. The van der Waals surface area contributed by atoms with E-state index in [0.29, 0.717) is 31.9 Å². The Morgan fingerprint density at radius 1 is 0.544 bits per heavy atom. The van der Waals surface area contributed by atoms with Gasteiger partial charge in [-0.1, -0.05) is 125 Å². The Morgan fingerprint density at radius 3 is 1.39 bits per heavy atom. The molecule has 0 aromatic heterocycles. The zero-order chi connectivity index (χ0) is 40.5. The minimum absolute atomic E-state index is 0.0666. The number of rotatable bonds is 5. The average molecular weight is 831 g/mol. The third kappa shape index (κ3) is 10.5. The molecule has 0 saturated carbocycles. The van der Waals surface area contributed by atoms with E-state index in [1.165, 1.54) is 12.1 Å². The van der Waals surface area contributed by atoms with Crippen LogP contribution < -0.4 is 5.73 Å². The maximum Gasteiger partial charge on any atom is 0.294 e. The molecule has 0 fully saturated rings.